The smallest absolute Gasteiger partial charge is 0.162 e. The Morgan fingerprint density at radius 2 is 1.82 bits per heavy atom. The highest BCUT2D eigenvalue weighted by Crippen LogP contribution is 2.50. The van der Waals surface area contributed by atoms with E-state index in [1.165, 1.54) is 59.9 Å². The zero-order valence-electron chi connectivity index (χ0n) is 21.6. The average molecular weight is 504 g/mol. The van der Waals surface area contributed by atoms with Gasteiger partial charge < -0.3 is 20.5 Å². The van der Waals surface area contributed by atoms with E-state index in [1.807, 2.05) is 6.20 Å². The summed E-state index contributed by atoms with van der Waals surface area (Å²) in [5.41, 5.74) is 7.32. The molecule has 2 aliphatic heterocycles. The number of hydrogen-bond acceptors (Lipinski definition) is 6. The lowest BCUT2D eigenvalue weighted by molar-refractivity contribution is 0.295. The van der Waals surface area contributed by atoms with Crippen LogP contribution >= 0.6 is 0 Å². The predicted octanol–water partition coefficient (Wildman–Crippen LogP) is 4.97. The second kappa shape index (κ2) is 8.67. The lowest BCUT2D eigenvalue weighted by Gasteiger charge is -2.42. The molecule has 3 N–H and O–H groups in total. The molecule has 4 aromatic rings. The molecular weight excluding hydrogens is 470 g/mol. The molecule has 0 unspecified atom stereocenters. The van der Waals surface area contributed by atoms with E-state index in [-0.39, 0.29) is 5.41 Å². The topological polar surface area (TPSA) is 81.8 Å². The fourth-order valence-corrected chi connectivity index (χ4v) is 6.66. The van der Waals surface area contributed by atoms with Crippen molar-refractivity contribution in [1.82, 2.24) is 25.3 Å². The van der Waals surface area contributed by atoms with Crippen molar-refractivity contribution in [2.24, 2.45) is 0 Å². The molecule has 5 heterocycles. The highest BCUT2D eigenvalue weighted by molar-refractivity contribution is 5.95. The number of fused-ring (bicyclic) bond motifs is 2. The minimum atomic E-state index is 0.0602. The van der Waals surface area contributed by atoms with Crippen LogP contribution in [-0.2, 0) is 5.41 Å². The molecule has 3 aromatic heterocycles. The van der Waals surface area contributed by atoms with Gasteiger partial charge in [0.2, 0.25) is 0 Å². The van der Waals surface area contributed by atoms with Crippen LogP contribution in [0.3, 0.4) is 0 Å². The first-order valence-electron chi connectivity index (χ1n) is 14.2. The summed E-state index contributed by atoms with van der Waals surface area (Å²) >= 11 is 0. The minimum Gasteiger partial charge on any atom is -0.368 e. The molecule has 2 saturated carbocycles. The first-order valence-corrected chi connectivity index (χ1v) is 14.2. The first-order chi connectivity index (χ1) is 18.8. The van der Waals surface area contributed by atoms with Gasteiger partial charge in [-0.15, -0.1) is 0 Å². The number of H-pyrrole nitrogens is 1. The zero-order chi connectivity index (χ0) is 25.1. The number of aromatic amines is 1. The Kier molecular flexibility index (Phi) is 5.08. The van der Waals surface area contributed by atoms with E-state index < -0.39 is 0 Å². The molecule has 3 fully saturated rings. The van der Waals surface area contributed by atoms with Crippen LogP contribution in [0.15, 0.2) is 54.9 Å². The minimum absolute atomic E-state index is 0.0602. The number of anilines is 2. The molecule has 2 aliphatic carbocycles. The standard InChI is InChI=1S/C31H33N7/c1-2-5-21(6-3-1)31(10-4-11-31)26-17-23-22(9-12-34-28(23)36-26)29-35-25-19-33-18-24(20-7-8-20)27(25)30(37-29)38-15-13-32-14-16-38/h1-3,5-6,9,17-20,32,34,36H,4,7-8,10-16H2. The Hall–Kier alpha value is -3.71. The zero-order valence-corrected chi connectivity index (χ0v) is 21.6. The molecule has 0 atom stereocenters. The Labute approximate surface area is 222 Å². The van der Waals surface area contributed by atoms with Crippen molar-refractivity contribution < 1.29 is 0 Å². The van der Waals surface area contributed by atoms with Gasteiger partial charge in [0.15, 0.2) is 5.82 Å². The summed E-state index contributed by atoms with van der Waals surface area (Å²) < 4.78 is 0. The molecule has 1 saturated heterocycles. The van der Waals surface area contributed by atoms with Crippen molar-refractivity contribution in [2.45, 2.75) is 43.4 Å². The van der Waals surface area contributed by atoms with E-state index in [9.17, 15) is 0 Å². The lowest BCUT2D eigenvalue weighted by Crippen LogP contribution is -2.44. The van der Waals surface area contributed by atoms with Gasteiger partial charge in [-0.1, -0.05) is 42.8 Å². The number of pyridine rings is 1. The second-order valence-corrected chi connectivity index (χ2v) is 11.3. The van der Waals surface area contributed by atoms with E-state index in [4.69, 9.17) is 9.97 Å². The number of aromatic nitrogens is 4. The van der Waals surface area contributed by atoms with Gasteiger partial charge in [0, 0.05) is 66.6 Å². The SMILES string of the molecule is C1=C(c2nc(N3CCNCC3)c3c(C4CC4)cncc3n2)c2cc(C3(c4ccccc4)CCC3)[nH]c2NC1. The van der Waals surface area contributed by atoms with Crippen molar-refractivity contribution in [2.75, 3.05) is 42.9 Å². The number of piperazine rings is 1. The van der Waals surface area contributed by atoms with Gasteiger partial charge in [0.05, 0.1) is 11.7 Å². The number of nitrogens with one attached hydrogen (secondary N) is 3. The summed E-state index contributed by atoms with van der Waals surface area (Å²) in [6.07, 6.45) is 12.3. The third-order valence-electron chi connectivity index (χ3n) is 9.03. The fraction of sp³-hybridized carbons (Fsp3) is 0.387. The first kappa shape index (κ1) is 22.3. The Morgan fingerprint density at radius 1 is 0.974 bits per heavy atom. The quantitative estimate of drug-likeness (QED) is 0.357. The summed E-state index contributed by atoms with van der Waals surface area (Å²) in [5, 5.41) is 8.28. The van der Waals surface area contributed by atoms with Gasteiger partial charge in [-0.3, -0.25) is 4.98 Å². The third-order valence-corrected chi connectivity index (χ3v) is 9.03. The Balaban J connectivity index is 1.26. The molecule has 7 nitrogen and oxygen atoms in total. The monoisotopic (exact) mass is 503 g/mol. The molecule has 0 spiro atoms. The van der Waals surface area contributed by atoms with Crippen LogP contribution in [0.5, 0.6) is 0 Å². The number of rotatable bonds is 5. The third kappa shape index (κ3) is 3.48. The molecule has 1 aromatic carbocycles. The van der Waals surface area contributed by atoms with Crippen molar-refractivity contribution in [1.29, 1.82) is 0 Å². The van der Waals surface area contributed by atoms with Gasteiger partial charge in [-0.25, -0.2) is 9.97 Å². The van der Waals surface area contributed by atoms with Crippen LogP contribution < -0.4 is 15.5 Å². The predicted molar refractivity (Wildman–Crippen MR) is 152 cm³/mol. The van der Waals surface area contributed by atoms with Crippen LogP contribution in [0.1, 0.15) is 66.2 Å². The largest absolute Gasteiger partial charge is 0.368 e. The average Bonchev–Trinajstić information content (AvgIpc) is 3.70. The molecule has 4 aliphatic rings. The van der Waals surface area contributed by atoms with E-state index in [0.29, 0.717) is 5.92 Å². The van der Waals surface area contributed by atoms with Gasteiger partial charge in [0.25, 0.3) is 0 Å². The molecule has 7 heteroatoms. The highest BCUT2D eigenvalue weighted by atomic mass is 15.2. The van der Waals surface area contributed by atoms with E-state index >= 15 is 0 Å². The Morgan fingerprint density at radius 3 is 2.58 bits per heavy atom. The van der Waals surface area contributed by atoms with Crippen LogP contribution in [0.2, 0.25) is 0 Å². The second-order valence-electron chi connectivity index (χ2n) is 11.3. The molecule has 0 bridgehead atoms. The van der Waals surface area contributed by atoms with Crippen molar-refractivity contribution in [3.8, 4) is 0 Å². The van der Waals surface area contributed by atoms with Crippen molar-refractivity contribution in [3.05, 3.63) is 83.1 Å². The van der Waals surface area contributed by atoms with Gasteiger partial charge in [-0.2, -0.15) is 0 Å². The summed E-state index contributed by atoms with van der Waals surface area (Å²) in [4.78, 5) is 21.3. The number of nitrogens with zero attached hydrogens (tertiary/aromatic N) is 4. The molecule has 38 heavy (non-hydrogen) atoms. The van der Waals surface area contributed by atoms with E-state index in [0.717, 1.165) is 61.3 Å². The summed E-state index contributed by atoms with van der Waals surface area (Å²) in [5.74, 6) is 3.55. The van der Waals surface area contributed by atoms with E-state index in [2.05, 4.69) is 74.2 Å². The van der Waals surface area contributed by atoms with Gasteiger partial charge in [0.1, 0.15) is 11.6 Å². The molecular formula is C31H33N7. The number of hydrogen-bond donors (Lipinski definition) is 3. The summed E-state index contributed by atoms with van der Waals surface area (Å²) in [6.45, 7) is 4.62. The van der Waals surface area contributed by atoms with Gasteiger partial charge >= 0.3 is 0 Å². The van der Waals surface area contributed by atoms with E-state index in [1.54, 1.807) is 0 Å². The number of benzene rings is 1. The normalized spacial score (nSPS) is 20.4. The van der Waals surface area contributed by atoms with Crippen LogP contribution in [0.4, 0.5) is 11.6 Å². The molecule has 0 amide bonds. The maximum absolute atomic E-state index is 5.33. The maximum atomic E-state index is 5.33. The molecule has 0 radical (unpaired) electrons. The Bertz CT molecular complexity index is 1540. The molecule has 8 rings (SSSR count). The molecule has 192 valence electrons. The van der Waals surface area contributed by atoms with Crippen LogP contribution in [-0.4, -0.2) is 52.7 Å². The summed E-state index contributed by atoms with van der Waals surface area (Å²) in [7, 11) is 0. The van der Waals surface area contributed by atoms with Crippen LogP contribution in [0.25, 0.3) is 16.5 Å². The fourth-order valence-electron chi connectivity index (χ4n) is 6.66. The van der Waals surface area contributed by atoms with Crippen LogP contribution in [0, 0.1) is 0 Å². The lowest BCUT2D eigenvalue weighted by atomic mass is 9.62. The summed E-state index contributed by atoms with van der Waals surface area (Å²) in [6, 6.07) is 13.3. The van der Waals surface area contributed by atoms with Gasteiger partial charge in [-0.05, 0) is 48.8 Å². The maximum Gasteiger partial charge on any atom is 0.162 e. The van der Waals surface area contributed by atoms with Crippen molar-refractivity contribution in [3.63, 3.8) is 0 Å². The highest BCUT2D eigenvalue weighted by Gasteiger charge is 2.42. The van der Waals surface area contributed by atoms with Crippen molar-refractivity contribution >= 4 is 28.1 Å².